The summed E-state index contributed by atoms with van der Waals surface area (Å²) in [7, 11) is 4.81. The highest BCUT2D eigenvalue weighted by Gasteiger charge is 2.40. The molecule has 1 saturated heterocycles. The first-order valence-electron chi connectivity index (χ1n) is 18.1. The number of nitrogens with zero attached hydrogens (tertiary/aromatic N) is 5. The SMILES string of the molecule is C[C@@H](O)COC[C@H](N[C@H](Cc1ccccc1)N(C)C(=O)N(C)C(=O)[C@H](NC(=O)N(C)C(=O)[C@@H](N)COC(C)(C)C)C(=O)N1CCCCC1)C(=O)N(C)C(N)=O. The van der Waals surface area contributed by atoms with Crippen molar-refractivity contribution in [3.8, 4) is 0 Å². The number of benzene rings is 1. The van der Waals surface area contributed by atoms with E-state index in [-0.39, 0.29) is 26.2 Å². The molecule has 0 spiro atoms. The summed E-state index contributed by atoms with van der Waals surface area (Å²) in [4.78, 5) is 98.3. The Bertz CT molecular complexity index is 1480. The van der Waals surface area contributed by atoms with Gasteiger partial charge in [-0.2, -0.15) is 0 Å². The molecule has 1 aliphatic rings. The number of amides is 10. The molecule has 0 aliphatic carbocycles. The van der Waals surface area contributed by atoms with E-state index in [0.717, 1.165) is 31.0 Å². The summed E-state index contributed by atoms with van der Waals surface area (Å²) in [5.74, 6) is -3.49. The second-order valence-electron chi connectivity index (χ2n) is 14.5. The smallest absolute Gasteiger partial charge is 0.327 e. The Morgan fingerprint density at radius 1 is 0.855 bits per heavy atom. The van der Waals surface area contributed by atoms with Gasteiger partial charge in [-0.3, -0.25) is 39.2 Å². The summed E-state index contributed by atoms with van der Waals surface area (Å²) < 4.78 is 11.1. The monoisotopic (exact) mass is 777 g/mol. The number of carbonyl (C=O) groups is 7. The zero-order chi connectivity index (χ0) is 41.6. The third-order valence-corrected chi connectivity index (χ3v) is 8.73. The summed E-state index contributed by atoms with van der Waals surface area (Å²) in [5, 5.41) is 15.1. The molecular formula is C36H59N9O10. The van der Waals surface area contributed by atoms with Gasteiger partial charge in [-0.25, -0.2) is 14.4 Å². The van der Waals surface area contributed by atoms with Crippen LogP contribution in [0, 0.1) is 0 Å². The highest BCUT2D eigenvalue weighted by atomic mass is 16.5. The molecule has 308 valence electrons. The third-order valence-electron chi connectivity index (χ3n) is 8.73. The van der Waals surface area contributed by atoms with Gasteiger partial charge in [-0.05, 0) is 52.5 Å². The van der Waals surface area contributed by atoms with E-state index in [0.29, 0.717) is 40.6 Å². The molecule has 0 aromatic heterocycles. The van der Waals surface area contributed by atoms with E-state index in [9.17, 15) is 38.7 Å². The van der Waals surface area contributed by atoms with E-state index in [1.54, 1.807) is 51.1 Å². The number of nitrogens with two attached hydrogens (primary N) is 2. The number of aliphatic hydroxyl groups is 1. The number of imide groups is 3. The molecule has 1 aromatic rings. The number of likely N-dealkylation sites (N-methyl/N-ethyl adjacent to an activating group) is 4. The van der Waals surface area contributed by atoms with Crippen LogP contribution in [0.3, 0.4) is 0 Å². The fourth-order valence-electron chi connectivity index (χ4n) is 5.43. The van der Waals surface area contributed by atoms with Crippen LogP contribution in [0.5, 0.6) is 0 Å². The first-order valence-corrected chi connectivity index (χ1v) is 18.1. The Morgan fingerprint density at radius 3 is 2.00 bits per heavy atom. The maximum atomic E-state index is 14.1. The van der Waals surface area contributed by atoms with Crippen molar-refractivity contribution in [2.75, 3.05) is 61.1 Å². The minimum absolute atomic E-state index is 0.0878. The van der Waals surface area contributed by atoms with Crippen LogP contribution in [0.4, 0.5) is 14.4 Å². The van der Waals surface area contributed by atoms with Crippen LogP contribution in [0.15, 0.2) is 30.3 Å². The fraction of sp³-hybridized carbons (Fsp3) is 0.639. The molecular weight excluding hydrogens is 718 g/mol. The lowest BCUT2D eigenvalue weighted by Gasteiger charge is -2.36. The molecule has 1 aromatic carbocycles. The quantitative estimate of drug-likeness (QED) is 0.107. The lowest BCUT2D eigenvalue weighted by atomic mass is 10.1. The van der Waals surface area contributed by atoms with Gasteiger partial charge in [0.2, 0.25) is 11.8 Å². The molecule has 19 heteroatoms. The Kier molecular flexibility index (Phi) is 18.1. The highest BCUT2D eigenvalue weighted by Crippen LogP contribution is 2.15. The van der Waals surface area contributed by atoms with Crippen LogP contribution in [0.25, 0.3) is 0 Å². The summed E-state index contributed by atoms with van der Waals surface area (Å²) in [5.41, 5.74) is 11.5. The first-order chi connectivity index (χ1) is 25.7. The second kappa shape index (κ2) is 21.4. The van der Waals surface area contributed by atoms with E-state index in [1.807, 2.05) is 0 Å². The largest absolute Gasteiger partial charge is 0.391 e. The number of likely N-dealkylation sites (tertiary alicyclic amines) is 1. The summed E-state index contributed by atoms with van der Waals surface area (Å²) in [6, 6.07) is 1.41. The number of piperidine rings is 1. The molecule has 1 heterocycles. The molecule has 2 rings (SSSR count). The van der Waals surface area contributed by atoms with Crippen LogP contribution in [0.1, 0.15) is 52.5 Å². The number of rotatable bonds is 16. The summed E-state index contributed by atoms with van der Waals surface area (Å²) in [6.07, 6.45) is 0.372. The van der Waals surface area contributed by atoms with Crippen molar-refractivity contribution in [2.45, 2.75) is 89.4 Å². The minimum atomic E-state index is -1.90. The van der Waals surface area contributed by atoms with E-state index >= 15 is 0 Å². The second-order valence-corrected chi connectivity index (χ2v) is 14.5. The number of primary amides is 1. The summed E-state index contributed by atoms with van der Waals surface area (Å²) >= 11 is 0. The van der Waals surface area contributed by atoms with Crippen LogP contribution in [-0.4, -0.2) is 168 Å². The number of hydrogen-bond donors (Lipinski definition) is 5. The van der Waals surface area contributed by atoms with Crippen molar-refractivity contribution < 1.29 is 48.1 Å². The van der Waals surface area contributed by atoms with Crippen LogP contribution >= 0.6 is 0 Å². The zero-order valence-corrected chi connectivity index (χ0v) is 33.1. The number of ether oxygens (including phenoxy) is 2. The van der Waals surface area contributed by atoms with Crippen LogP contribution < -0.4 is 22.1 Å². The topological polar surface area (TPSA) is 250 Å². The van der Waals surface area contributed by atoms with Crippen molar-refractivity contribution in [2.24, 2.45) is 11.5 Å². The molecule has 19 nitrogen and oxygen atoms in total. The molecule has 10 amide bonds. The maximum absolute atomic E-state index is 14.1. The van der Waals surface area contributed by atoms with Gasteiger partial charge in [0.1, 0.15) is 12.1 Å². The van der Waals surface area contributed by atoms with Gasteiger partial charge in [0.15, 0.2) is 6.04 Å². The number of aliphatic hydroxyl groups excluding tert-OH is 1. The number of nitrogens with one attached hydrogen (secondary N) is 2. The van der Waals surface area contributed by atoms with Crippen molar-refractivity contribution in [3.05, 3.63) is 35.9 Å². The third kappa shape index (κ3) is 14.5. The number of urea groups is 3. The van der Waals surface area contributed by atoms with Gasteiger partial charge in [0.05, 0.1) is 37.7 Å². The van der Waals surface area contributed by atoms with E-state index in [4.69, 9.17) is 20.9 Å². The fourth-order valence-corrected chi connectivity index (χ4v) is 5.43. The Morgan fingerprint density at radius 2 is 1.45 bits per heavy atom. The Hall–Kier alpha value is -4.69. The molecule has 0 radical (unpaired) electrons. The average molecular weight is 778 g/mol. The normalized spacial score (nSPS) is 15.8. The Balaban J connectivity index is 2.43. The maximum Gasteiger partial charge on any atom is 0.327 e. The lowest BCUT2D eigenvalue weighted by molar-refractivity contribution is -0.143. The number of hydrogen-bond acceptors (Lipinski definition) is 12. The average Bonchev–Trinajstić information content (AvgIpc) is 3.15. The first kappa shape index (κ1) is 46.5. The number of carbonyl (C=O) groups excluding carboxylic acids is 7. The predicted molar refractivity (Wildman–Crippen MR) is 201 cm³/mol. The zero-order valence-electron chi connectivity index (χ0n) is 33.1. The van der Waals surface area contributed by atoms with Gasteiger partial charge in [-0.15, -0.1) is 0 Å². The van der Waals surface area contributed by atoms with Gasteiger partial charge in [0.25, 0.3) is 11.8 Å². The molecule has 1 fully saturated rings. The Labute approximate surface area is 322 Å². The lowest BCUT2D eigenvalue weighted by Crippen LogP contribution is -2.63. The molecule has 55 heavy (non-hydrogen) atoms. The standard InChI is InChI=1S/C36H59N9O10/c1-23(46)20-54-22-26(30(48)42(6)33(38)51)39-27(19-24-15-11-9-12-16-24)41(5)35(53)44(8)31(49)28(32(50)45-17-13-10-14-18-45)40-34(52)43(7)29(47)25(37)21-55-36(2,3)4/h9,11-12,15-16,23,25-28,39,46H,10,13-14,17-22,37H2,1-8H3,(H2,38,51)(H,40,52)/t23-,25+,26+,27+,28+/m1/s1. The predicted octanol–water partition coefficient (Wildman–Crippen LogP) is -0.350. The highest BCUT2D eigenvalue weighted by molar-refractivity contribution is 6.12. The van der Waals surface area contributed by atoms with Gasteiger partial charge >= 0.3 is 18.1 Å². The van der Waals surface area contributed by atoms with E-state index in [2.05, 4.69) is 10.6 Å². The van der Waals surface area contributed by atoms with Crippen LogP contribution in [0.2, 0.25) is 0 Å². The van der Waals surface area contributed by atoms with Crippen molar-refractivity contribution in [1.82, 2.24) is 35.1 Å². The molecule has 0 unspecified atom stereocenters. The summed E-state index contributed by atoms with van der Waals surface area (Å²) in [6.45, 7) is 6.75. The van der Waals surface area contributed by atoms with Crippen molar-refractivity contribution in [1.29, 1.82) is 0 Å². The molecule has 5 atom stereocenters. The van der Waals surface area contributed by atoms with Crippen LogP contribution in [-0.2, 0) is 35.1 Å². The van der Waals surface area contributed by atoms with Crippen molar-refractivity contribution >= 4 is 41.7 Å². The molecule has 7 N–H and O–H groups in total. The minimum Gasteiger partial charge on any atom is -0.391 e. The van der Waals surface area contributed by atoms with E-state index < -0.39 is 77.7 Å². The van der Waals surface area contributed by atoms with Gasteiger partial charge in [0, 0.05) is 47.7 Å². The van der Waals surface area contributed by atoms with Gasteiger partial charge < -0.3 is 41.2 Å². The molecule has 1 aliphatic heterocycles. The van der Waals surface area contributed by atoms with Gasteiger partial charge in [-0.1, -0.05) is 30.3 Å². The van der Waals surface area contributed by atoms with E-state index in [1.165, 1.54) is 25.9 Å². The molecule has 0 bridgehead atoms. The van der Waals surface area contributed by atoms with Crippen molar-refractivity contribution in [3.63, 3.8) is 0 Å². The molecule has 0 saturated carbocycles.